The molecule has 2 aromatic rings. The highest BCUT2D eigenvalue weighted by molar-refractivity contribution is 6.32. The molecular formula is C32H34Cl2N4O8. The first-order valence-corrected chi connectivity index (χ1v) is 15.3. The average molecular weight is 674 g/mol. The van der Waals surface area contributed by atoms with Crippen molar-refractivity contribution in [3.8, 4) is 5.75 Å². The van der Waals surface area contributed by atoms with Gasteiger partial charge in [0.2, 0.25) is 5.91 Å². The Hall–Kier alpha value is -4.26. The maximum absolute atomic E-state index is 13.3. The monoisotopic (exact) mass is 672 g/mol. The van der Waals surface area contributed by atoms with Gasteiger partial charge in [-0.2, -0.15) is 5.10 Å². The molecule has 2 heterocycles. The Balaban J connectivity index is 1.37. The van der Waals surface area contributed by atoms with Crippen molar-refractivity contribution in [2.24, 2.45) is 16.0 Å². The summed E-state index contributed by atoms with van der Waals surface area (Å²) in [5.74, 6) is -3.15. The fourth-order valence-corrected chi connectivity index (χ4v) is 5.58. The van der Waals surface area contributed by atoms with Gasteiger partial charge in [0.25, 0.3) is 5.91 Å². The van der Waals surface area contributed by atoms with E-state index in [4.69, 9.17) is 42.1 Å². The summed E-state index contributed by atoms with van der Waals surface area (Å²) >= 11 is 12.9. The van der Waals surface area contributed by atoms with E-state index >= 15 is 0 Å². The maximum atomic E-state index is 13.3. The van der Waals surface area contributed by atoms with Crippen LogP contribution in [0, 0.1) is 5.92 Å². The number of hydrogen-bond acceptors (Lipinski definition) is 10. The molecule has 0 saturated heterocycles. The molecule has 4 rings (SSSR count). The number of ether oxygens (including phenoxy) is 4. The highest BCUT2D eigenvalue weighted by Crippen LogP contribution is 2.42. The van der Waals surface area contributed by atoms with Gasteiger partial charge in [-0.05, 0) is 49.2 Å². The van der Waals surface area contributed by atoms with Crippen LogP contribution in [0.2, 0.25) is 10.0 Å². The molecule has 244 valence electrons. The molecule has 0 radical (unpaired) electrons. The third-order valence-electron chi connectivity index (χ3n) is 7.24. The lowest BCUT2D eigenvalue weighted by Gasteiger charge is -2.32. The number of nitrogens with one attached hydrogen (secondary N) is 2. The van der Waals surface area contributed by atoms with Gasteiger partial charge in [-0.15, -0.1) is 0 Å². The molecule has 14 heteroatoms. The van der Waals surface area contributed by atoms with Crippen LogP contribution in [0.15, 0.2) is 63.8 Å². The SMILES string of the molecule is CCOC(=O)C1=C(COCCNC(=O)COc2ccc(C3=NNC(=O)CC3)cc2Cl)N=C(C)C(C(=O)OC)C1c1ccccc1Cl. The highest BCUT2D eigenvalue weighted by atomic mass is 35.5. The van der Waals surface area contributed by atoms with Crippen molar-refractivity contribution in [1.29, 1.82) is 0 Å². The van der Waals surface area contributed by atoms with E-state index < -0.39 is 29.7 Å². The zero-order valence-corrected chi connectivity index (χ0v) is 27.1. The predicted molar refractivity (Wildman–Crippen MR) is 171 cm³/mol. The summed E-state index contributed by atoms with van der Waals surface area (Å²) in [6, 6.07) is 12.0. The van der Waals surface area contributed by atoms with E-state index in [1.807, 2.05) is 0 Å². The van der Waals surface area contributed by atoms with Crippen LogP contribution < -0.4 is 15.5 Å². The van der Waals surface area contributed by atoms with Gasteiger partial charge in [0.15, 0.2) is 6.61 Å². The number of esters is 2. The van der Waals surface area contributed by atoms with Crippen molar-refractivity contribution < 1.29 is 38.1 Å². The smallest absolute Gasteiger partial charge is 0.336 e. The molecule has 0 aromatic heterocycles. The Bertz CT molecular complexity index is 1590. The number of hydrazone groups is 1. The Morgan fingerprint density at radius 1 is 1.09 bits per heavy atom. The van der Waals surface area contributed by atoms with Gasteiger partial charge in [0, 0.05) is 36.0 Å². The Morgan fingerprint density at radius 3 is 2.54 bits per heavy atom. The minimum atomic E-state index is -0.902. The zero-order valence-electron chi connectivity index (χ0n) is 25.6. The van der Waals surface area contributed by atoms with Crippen LogP contribution in [-0.4, -0.2) is 75.3 Å². The van der Waals surface area contributed by atoms with Crippen molar-refractivity contribution in [3.63, 3.8) is 0 Å². The molecule has 0 spiro atoms. The summed E-state index contributed by atoms with van der Waals surface area (Å²) in [6.45, 7) is 3.32. The molecule has 2 amide bonds. The standard InChI is InChI=1S/C32H34Cl2N4O8/c1-4-45-32(42)30-24(36-18(2)28(31(41)43-3)29(30)20-7-5-6-8-21(20)33)16-44-14-13-35-27(40)17-46-25-11-9-19(15-22(25)34)23-10-12-26(39)38-37-23/h5-9,11,15,28-29H,4,10,12-14,16-17H2,1-3H3,(H,35,40)(H,38,39). The Labute approximate surface area is 276 Å². The number of carbonyl (C=O) groups is 4. The van der Waals surface area contributed by atoms with Gasteiger partial charge < -0.3 is 24.3 Å². The number of hydrogen-bond donors (Lipinski definition) is 2. The summed E-state index contributed by atoms with van der Waals surface area (Å²) < 4.78 is 21.8. The van der Waals surface area contributed by atoms with Crippen LogP contribution in [0.5, 0.6) is 5.75 Å². The van der Waals surface area contributed by atoms with Gasteiger partial charge in [0.1, 0.15) is 11.7 Å². The van der Waals surface area contributed by atoms with Crippen molar-refractivity contribution in [2.45, 2.75) is 32.6 Å². The predicted octanol–water partition coefficient (Wildman–Crippen LogP) is 3.98. The van der Waals surface area contributed by atoms with Crippen LogP contribution in [0.3, 0.4) is 0 Å². The first-order chi connectivity index (χ1) is 22.1. The first-order valence-electron chi connectivity index (χ1n) is 14.5. The molecule has 0 aliphatic carbocycles. The maximum Gasteiger partial charge on any atom is 0.336 e. The normalized spacial score (nSPS) is 17.8. The Kier molecular flexibility index (Phi) is 12.3. The van der Waals surface area contributed by atoms with Crippen LogP contribution in [0.25, 0.3) is 0 Å². The Morgan fingerprint density at radius 2 is 1.87 bits per heavy atom. The van der Waals surface area contributed by atoms with Gasteiger partial charge in [-0.3, -0.25) is 19.4 Å². The van der Waals surface area contributed by atoms with Crippen LogP contribution in [0.4, 0.5) is 0 Å². The van der Waals surface area contributed by atoms with Gasteiger partial charge in [-0.1, -0.05) is 41.4 Å². The van der Waals surface area contributed by atoms with E-state index in [0.29, 0.717) is 45.6 Å². The third-order valence-corrected chi connectivity index (χ3v) is 7.88. The molecule has 2 N–H and O–H groups in total. The summed E-state index contributed by atoms with van der Waals surface area (Å²) in [5.41, 5.74) is 5.31. The quantitative estimate of drug-likeness (QED) is 0.239. The number of halogens is 2. The number of rotatable bonds is 13. The van der Waals surface area contributed by atoms with Crippen LogP contribution in [-0.2, 0) is 33.4 Å². The fourth-order valence-electron chi connectivity index (χ4n) is 5.10. The molecule has 2 atom stereocenters. The topological polar surface area (TPSA) is 154 Å². The second kappa shape index (κ2) is 16.3. The van der Waals surface area contributed by atoms with Crippen molar-refractivity contribution in [3.05, 3.63) is 74.9 Å². The highest BCUT2D eigenvalue weighted by Gasteiger charge is 2.43. The van der Waals surface area contributed by atoms with E-state index in [1.165, 1.54) is 7.11 Å². The van der Waals surface area contributed by atoms with Gasteiger partial charge in [0.05, 0.1) is 48.9 Å². The van der Waals surface area contributed by atoms with Crippen molar-refractivity contribution >= 4 is 58.4 Å². The number of benzene rings is 2. The second-order valence-electron chi connectivity index (χ2n) is 10.3. The van der Waals surface area contributed by atoms with Crippen molar-refractivity contribution in [1.82, 2.24) is 10.7 Å². The average Bonchev–Trinajstić information content (AvgIpc) is 3.04. The minimum Gasteiger partial charge on any atom is -0.482 e. The minimum absolute atomic E-state index is 0.0885. The lowest BCUT2D eigenvalue weighted by atomic mass is 9.75. The largest absolute Gasteiger partial charge is 0.482 e. The molecule has 2 aliphatic rings. The lowest BCUT2D eigenvalue weighted by molar-refractivity contribution is -0.144. The summed E-state index contributed by atoms with van der Waals surface area (Å²) in [4.78, 5) is 54.4. The second-order valence-corrected chi connectivity index (χ2v) is 11.1. The molecule has 2 aromatic carbocycles. The number of nitrogens with zero attached hydrogens (tertiary/aromatic N) is 2. The molecular weight excluding hydrogens is 639 g/mol. The number of carbonyl (C=O) groups excluding carboxylic acids is 4. The number of amides is 2. The van der Waals surface area contributed by atoms with Gasteiger partial charge >= 0.3 is 11.9 Å². The van der Waals surface area contributed by atoms with Crippen molar-refractivity contribution in [2.75, 3.05) is 40.1 Å². The molecule has 12 nitrogen and oxygen atoms in total. The van der Waals surface area contributed by atoms with E-state index in [9.17, 15) is 19.2 Å². The summed E-state index contributed by atoms with van der Waals surface area (Å²) in [7, 11) is 1.27. The number of aliphatic imine (C=N–C) groups is 1. The van der Waals surface area contributed by atoms with E-state index in [2.05, 4.69) is 20.8 Å². The van der Waals surface area contributed by atoms with Crippen LogP contribution in [0.1, 0.15) is 43.7 Å². The van der Waals surface area contributed by atoms with E-state index in [-0.39, 0.29) is 50.1 Å². The van der Waals surface area contributed by atoms with Crippen LogP contribution >= 0.6 is 23.2 Å². The first kappa shape index (κ1) is 34.6. The zero-order chi connectivity index (χ0) is 33.2. The summed E-state index contributed by atoms with van der Waals surface area (Å²) in [5, 5.41) is 7.41. The third kappa shape index (κ3) is 8.51. The molecule has 0 bridgehead atoms. The molecule has 2 unspecified atom stereocenters. The molecule has 0 saturated carbocycles. The summed E-state index contributed by atoms with van der Waals surface area (Å²) in [6.07, 6.45) is 0.838. The fraction of sp³-hybridized carbons (Fsp3) is 0.375. The molecule has 46 heavy (non-hydrogen) atoms. The van der Waals surface area contributed by atoms with E-state index in [1.54, 1.807) is 56.3 Å². The number of methoxy groups -OCH3 is 1. The van der Waals surface area contributed by atoms with E-state index in [0.717, 1.165) is 5.56 Å². The molecule has 0 fully saturated rings. The van der Waals surface area contributed by atoms with Gasteiger partial charge in [-0.25, -0.2) is 10.2 Å². The molecule has 2 aliphatic heterocycles. The lowest BCUT2D eigenvalue weighted by Crippen LogP contribution is -2.37.